The summed E-state index contributed by atoms with van der Waals surface area (Å²) >= 11 is 0. The van der Waals surface area contributed by atoms with Crippen LogP contribution in [0.1, 0.15) is 35.7 Å². The monoisotopic (exact) mass is 431 g/mol. The van der Waals surface area contributed by atoms with E-state index in [1.807, 2.05) is 68.4 Å². The number of piperidine rings is 1. The van der Waals surface area contributed by atoms with E-state index in [1.54, 1.807) is 4.90 Å². The molecule has 3 aromatic rings. The van der Waals surface area contributed by atoms with E-state index in [0.29, 0.717) is 25.3 Å². The zero-order valence-corrected chi connectivity index (χ0v) is 18.6. The summed E-state index contributed by atoms with van der Waals surface area (Å²) in [6, 6.07) is 19.9. The highest BCUT2D eigenvalue weighted by molar-refractivity contribution is 6.11. The van der Waals surface area contributed by atoms with Crippen molar-refractivity contribution in [3.63, 3.8) is 0 Å². The number of fused-ring (bicyclic) bond motifs is 1. The van der Waals surface area contributed by atoms with Gasteiger partial charge in [-0.2, -0.15) is 0 Å². The molecule has 0 aromatic heterocycles. The van der Waals surface area contributed by atoms with Crippen molar-refractivity contribution in [2.45, 2.75) is 32.7 Å². The first kappa shape index (κ1) is 21.7. The minimum atomic E-state index is -0.231. The van der Waals surface area contributed by atoms with Crippen molar-refractivity contribution < 1.29 is 14.3 Å². The molecule has 2 N–H and O–H groups in total. The number of hydrogen-bond acceptors (Lipinski definition) is 4. The van der Waals surface area contributed by atoms with Crippen LogP contribution in [0.2, 0.25) is 0 Å². The zero-order chi connectivity index (χ0) is 22.5. The van der Waals surface area contributed by atoms with Gasteiger partial charge in [0.2, 0.25) is 0 Å². The van der Waals surface area contributed by atoms with Crippen molar-refractivity contribution in [2.24, 2.45) is 0 Å². The van der Waals surface area contributed by atoms with Crippen LogP contribution < -0.4 is 10.6 Å². The molecule has 0 bridgehead atoms. The predicted octanol–water partition coefficient (Wildman–Crippen LogP) is 5.43. The Hall–Kier alpha value is -3.54. The van der Waals surface area contributed by atoms with Crippen LogP contribution in [0.4, 0.5) is 16.2 Å². The second-order valence-electron chi connectivity index (χ2n) is 8.08. The minimum Gasteiger partial charge on any atom is -0.450 e. The molecule has 3 aromatic carbocycles. The number of nitrogens with one attached hydrogen (secondary N) is 2. The second kappa shape index (κ2) is 9.73. The van der Waals surface area contributed by atoms with Gasteiger partial charge in [-0.05, 0) is 50.5 Å². The quantitative estimate of drug-likeness (QED) is 0.565. The van der Waals surface area contributed by atoms with Gasteiger partial charge in [0.25, 0.3) is 5.91 Å². The third-order valence-electron chi connectivity index (χ3n) is 5.94. The molecule has 4 rings (SSSR count). The summed E-state index contributed by atoms with van der Waals surface area (Å²) in [5.74, 6) is -0.111. The lowest BCUT2D eigenvalue weighted by Gasteiger charge is -2.32. The zero-order valence-electron chi connectivity index (χ0n) is 18.6. The molecule has 2 amide bonds. The number of nitrogens with zero attached hydrogens (tertiary/aromatic N) is 1. The summed E-state index contributed by atoms with van der Waals surface area (Å²) in [6.07, 6.45) is 1.49. The van der Waals surface area contributed by atoms with Crippen LogP contribution in [0.3, 0.4) is 0 Å². The van der Waals surface area contributed by atoms with Crippen molar-refractivity contribution in [2.75, 3.05) is 30.3 Å². The molecule has 0 saturated carbocycles. The number of benzene rings is 3. The standard InChI is InChI=1S/C26H29N3O3/c1-3-32-26(31)29-16-14-19(15-17-29)27-23-12-13-24(22-11-7-6-10-21(22)23)28-25(30)20-9-5-4-8-18(20)2/h4-13,19,27H,3,14-17H2,1-2H3,(H,28,30). The Balaban J connectivity index is 1.50. The fraction of sp³-hybridized carbons (Fsp3) is 0.308. The van der Waals surface area contributed by atoms with Gasteiger partial charge >= 0.3 is 6.09 Å². The van der Waals surface area contributed by atoms with Gasteiger partial charge in [0.15, 0.2) is 0 Å². The van der Waals surface area contributed by atoms with Crippen LogP contribution in [-0.2, 0) is 4.74 Å². The molecule has 32 heavy (non-hydrogen) atoms. The average molecular weight is 432 g/mol. The summed E-state index contributed by atoms with van der Waals surface area (Å²) < 4.78 is 5.11. The Kier molecular flexibility index (Phi) is 6.59. The Bertz CT molecular complexity index is 1120. The molecule has 1 fully saturated rings. The first-order valence-corrected chi connectivity index (χ1v) is 11.1. The van der Waals surface area contributed by atoms with Crippen molar-refractivity contribution >= 4 is 34.1 Å². The number of amides is 2. The van der Waals surface area contributed by atoms with Crippen LogP contribution >= 0.6 is 0 Å². The first-order valence-electron chi connectivity index (χ1n) is 11.1. The third-order valence-corrected chi connectivity index (χ3v) is 5.94. The lowest BCUT2D eigenvalue weighted by molar-refractivity contribution is 0.0981. The Labute approximate surface area is 188 Å². The first-order chi connectivity index (χ1) is 15.6. The van der Waals surface area contributed by atoms with Crippen LogP contribution in [-0.4, -0.2) is 42.6 Å². The average Bonchev–Trinajstić information content (AvgIpc) is 2.81. The Morgan fingerprint density at radius 3 is 2.25 bits per heavy atom. The van der Waals surface area contributed by atoms with Gasteiger partial charge in [-0.25, -0.2) is 4.79 Å². The Morgan fingerprint density at radius 1 is 0.938 bits per heavy atom. The maximum absolute atomic E-state index is 12.8. The van der Waals surface area contributed by atoms with Gasteiger partial charge in [0.05, 0.1) is 6.61 Å². The highest BCUT2D eigenvalue weighted by Crippen LogP contribution is 2.32. The molecule has 0 radical (unpaired) electrons. The Morgan fingerprint density at radius 2 is 1.56 bits per heavy atom. The largest absolute Gasteiger partial charge is 0.450 e. The maximum atomic E-state index is 12.8. The van der Waals surface area contributed by atoms with E-state index in [0.717, 1.165) is 40.6 Å². The van der Waals surface area contributed by atoms with E-state index in [1.165, 1.54) is 0 Å². The van der Waals surface area contributed by atoms with E-state index >= 15 is 0 Å². The lowest BCUT2D eigenvalue weighted by atomic mass is 10.0. The SMILES string of the molecule is CCOC(=O)N1CCC(Nc2ccc(NC(=O)c3ccccc3C)c3ccccc23)CC1. The topological polar surface area (TPSA) is 70.7 Å². The lowest BCUT2D eigenvalue weighted by Crippen LogP contribution is -2.42. The van der Waals surface area contributed by atoms with E-state index in [-0.39, 0.29) is 18.0 Å². The second-order valence-corrected chi connectivity index (χ2v) is 8.08. The van der Waals surface area contributed by atoms with Gasteiger partial charge in [-0.1, -0.05) is 42.5 Å². The van der Waals surface area contributed by atoms with Crippen LogP contribution in [0.15, 0.2) is 60.7 Å². The van der Waals surface area contributed by atoms with Crippen LogP contribution in [0, 0.1) is 6.92 Å². The highest BCUT2D eigenvalue weighted by atomic mass is 16.6. The maximum Gasteiger partial charge on any atom is 0.409 e. The van der Waals surface area contributed by atoms with Gasteiger partial charge < -0.3 is 20.3 Å². The molecule has 1 aliphatic heterocycles. The molecule has 6 nitrogen and oxygen atoms in total. The predicted molar refractivity (Wildman–Crippen MR) is 128 cm³/mol. The van der Waals surface area contributed by atoms with E-state index in [2.05, 4.69) is 16.7 Å². The smallest absolute Gasteiger partial charge is 0.409 e. The summed E-state index contributed by atoms with van der Waals surface area (Å²) in [7, 11) is 0. The van der Waals surface area contributed by atoms with E-state index < -0.39 is 0 Å². The van der Waals surface area contributed by atoms with Crippen molar-refractivity contribution in [1.29, 1.82) is 0 Å². The number of likely N-dealkylation sites (tertiary alicyclic amines) is 1. The van der Waals surface area contributed by atoms with Crippen molar-refractivity contribution in [3.8, 4) is 0 Å². The number of anilines is 2. The summed E-state index contributed by atoms with van der Waals surface area (Å²) in [5.41, 5.74) is 3.44. The fourth-order valence-electron chi connectivity index (χ4n) is 4.19. The van der Waals surface area contributed by atoms with E-state index in [9.17, 15) is 9.59 Å². The van der Waals surface area contributed by atoms with Crippen molar-refractivity contribution in [1.82, 2.24) is 4.90 Å². The van der Waals surface area contributed by atoms with Gasteiger partial charge in [-0.3, -0.25) is 4.79 Å². The normalized spacial score (nSPS) is 14.2. The molecular weight excluding hydrogens is 402 g/mol. The van der Waals surface area contributed by atoms with E-state index in [4.69, 9.17) is 4.74 Å². The van der Waals surface area contributed by atoms with Gasteiger partial charge in [0.1, 0.15) is 0 Å². The van der Waals surface area contributed by atoms with Gasteiger partial charge in [0, 0.05) is 46.8 Å². The fourth-order valence-corrected chi connectivity index (χ4v) is 4.19. The van der Waals surface area contributed by atoms with Crippen LogP contribution in [0.5, 0.6) is 0 Å². The summed E-state index contributed by atoms with van der Waals surface area (Å²) in [5, 5.41) is 8.77. The van der Waals surface area contributed by atoms with Gasteiger partial charge in [-0.15, -0.1) is 0 Å². The molecule has 166 valence electrons. The number of hydrogen-bond donors (Lipinski definition) is 2. The molecule has 1 heterocycles. The third kappa shape index (κ3) is 4.69. The number of carbonyl (C=O) groups excluding carboxylic acids is 2. The summed E-state index contributed by atoms with van der Waals surface area (Å²) in [6.45, 7) is 5.52. The number of rotatable bonds is 5. The molecular formula is C26H29N3O3. The minimum absolute atomic E-state index is 0.111. The molecule has 0 spiro atoms. The highest BCUT2D eigenvalue weighted by Gasteiger charge is 2.24. The molecule has 0 atom stereocenters. The number of aryl methyl sites for hydroxylation is 1. The van der Waals surface area contributed by atoms with Crippen LogP contribution in [0.25, 0.3) is 10.8 Å². The molecule has 6 heteroatoms. The van der Waals surface area contributed by atoms with Crippen molar-refractivity contribution in [3.05, 3.63) is 71.8 Å². The summed E-state index contributed by atoms with van der Waals surface area (Å²) in [4.78, 5) is 26.5. The molecule has 0 unspecified atom stereocenters. The number of carbonyl (C=O) groups is 2. The number of ether oxygens (including phenoxy) is 1. The molecule has 1 aliphatic rings. The molecule has 0 aliphatic carbocycles. The molecule has 1 saturated heterocycles.